The van der Waals surface area contributed by atoms with Gasteiger partial charge in [-0.05, 0) is 17.4 Å². The number of fused-ring (bicyclic) bond motifs is 1. The minimum absolute atomic E-state index is 0.114. The molecule has 21 heavy (non-hydrogen) atoms. The first-order valence-corrected chi connectivity index (χ1v) is 8.40. The van der Waals surface area contributed by atoms with Crippen LogP contribution in [0.15, 0.2) is 25.9 Å². The van der Waals surface area contributed by atoms with Crippen molar-refractivity contribution < 1.29 is 4.52 Å². The largest absolute Gasteiger partial charge is 0.339 e. The second kappa shape index (κ2) is 5.98. The molecule has 3 aromatic heterocycles. The number of aromatic nitrogens is 4. The summed E-state index contributed by atoms with van der Waals surface area (Å²) >= 11 is 2.85. The van der Waals surface area contributed by atoms with Crippen molar-refractivity contribution in [1.82, 2.24) is 20.1 Å². The van der Waals surface area contributed by atoms with Gasteiger partial charge in [0.1, 0.15) is 4.83 Å². The van der Waals surface area contributed by atoms with Crippen molar-refractivity contribution in [3.8, 4) is 0 Å². The fraction of sp³-hybridized carbons (Fsp3) is 0.385. The van der Waals surface area contributed by atoms with E-state index in [0.717, 1.165) is 11.3 Å². The summed E-state index contributed by atoms with van der Waals surface area (Å²) in [6.45, 7) is 4.20. The maximum Gasteiger partial charge on any atom is 0.260 e. The van der Waals surface area contributed by atoms with Crippen LogP contribution in [0.25, 0.3) is 10.2 Å². The molecule has 0 amide bonds. The van der Waals surface area contributed by atoms with E-state index >= 15 is 0 Å². The molecule has 0 saturated heterocycles. The topological polar surface area (TPSA) is 84.7 Å². The molecule has 0 aliphatic rings. The third kappa shape index (κ3) is 3.33. The minimum Gasteiger partial charge on any atom is -0.339 e. The summed E-state index contributed by atoms with van der Waals surface area (Å²) in [5, 5.41) is 7.00. The highest BCUT2D eigenvalue weighted by Crippen LogP contribution is 2.21. The van der Waals surface area contributed by atoms with Gasteiger partial charge in [0, 0.05) is 6.42 Å². The van der Waals surface area contributed by atoms with Gasteiger partial charge >= 0.3 is 0 Å². The van der Waals surface area contributed by atoms with Crippen LogP contribution in [0.1, 0.15) is 25.6 Å². The van der Waals surface area contributed by atoms with E-state index in [9.17, 15) is 4.79 Å². The number of aromatic amines is 1. The number of thioether (sulfide) groups is 1. The molecule has 0 radical (unpaired) electrons. The van der Waals surface area contributed by atoms with Crippen LogP contribution in [0.5, 0.6) is 0 Å². The Morgan fingerprint density at radius 2 is 2.29 bits per heavy atom. The third-order valence-corrected chi connectivity index (χ3v) is 4.42. The molecule has 0 spiro atoms. The average Bonchev–Trinajstić information content (AvgIpc) is 3.04. The normalized spacial score (nSPS) is 11.6. The van der Waals surface area contributed by atoms with Crippen LogP contribution in [0.2, 0.25) is 0 Å². The SMILES string of the molecule is CC(C)Cc1nc(CSc2nc3sccc3c(=O)[nH]2)no1. The second-order valence-electron chi connectivity index (χ2n) is 5.00. The maximum absolute atomic E-state index is 11.8. The maximum atomic E-state index is 11.8. The van der Waals surface area contributed by atoms with Gasteiger partial charge in [0.25, 0.3) is 5.56 Å². The van der Waals surface area contributed by atoms with Crippen LogP contribution >= 0.6 is 23.1 Å². The van der Waals surface area contributed by atoms with Gasteiger partial charge in [-0.2, -0.15) is 4.98 Å². The zero-order valence-electron chi connectivity index (χ0n) is 11.6. The molecule has 3 heterocycles. The van der Waals surface area contributed by atoms with E-state index in [1.54, 1.807) is 6.07 Å². The van der Waals surface area contributed by atoms with Crippen LogP contribution in [0, 0.1) is 5.92 Å². The Kier molecular flexibility index (Phi) is 4.07. The molecule has 8 heteroatoms. The van der Waals surface area contributed by atoms with Gasteiger partial charge in [-0.1, -0.05) is 30.8 Å². The highest BCUT2D eigenvalue weighted by atomic mass is 32.2. The van der Waals surface area contributed by atoms with Crippen molar-refractivity contribution in [2.75, 3.05) is 0 Å². The van der Waals surface area contributed by atoms with Crippen molar-refractivity contribution in [2.45, 2.75) is 31.2 Å². The number of nitrogens with one attached hydrogen (secondary N) is 1. The number of hydrogen-bond donors (Lipinski definition) is 1. The quantitative estimate of drug-likeness (QED) is 0.574. The lowest BCUT2D eigenvalue weighted by Crippen LogP contribution is -2.07. The monoisotopic (exact) mass is 322 g/mol. The third-order valence-electron chi connectivity index (χ3n) is 2.74. The van der Waals surface area contributed by atoms with Crippen LogP contribution in [-0.2, 0) is 12.2 Å². The molecule has 110 valence electrons. The number of hydrogen-bond acceptors (Lipinski definition) is 7. The lowest BCUT2D eigenvalue weighted by Gasteiger charge is -1.98. The fourth-order valence-corrected chi connectivity index (χ4v) is 3.35. The zero-order valence-corrected chi connectivity index (χ0v) is 13.3. The van der Waals surface area contributed by atoms with E-state index in [0.29, 0.717) is 33.9 Å². The van der Waals surface area contributed by atoms with Crippen LogP contribution < -0.4 is 5.56 Å². The average molecular weight is 322 g/mol. The van der Waals surface area contributed by atoms with Crippen molar-refractivity contribution >= 4 is 33.3 Å². The van der Waals surface area contributed by atoms with Crippen molar-refractivity contribution in [1.29, 1.82) is 0 Å². The second-order valence-corrected chi connectivity index (χ2v) is 6.86. The van der Waals surface area contributed by atoms with Crippen LogP contribution in [0.4, 0.5) is 0 Å². The van der Waals surface area contributed by atoms with Gasteiger partial charge in [0.2, 0.25) is 5.89 Å². The Hall–Kier alpha value is -1.67. The molecule has 0 atom stereocenters. The molecule has 0 aliphatic heterocycles. The van der Waals surface area contributed by atoms with Crippen LogP contribution in [0.3, 0.4) is 0 Å². The Bertz CT molecular complexity index is 806. The molecule has 3 rings (SSSR count). The van der Waals surface area contributed by atoms with Gasteiger partial charge in [0.05, 0.1) is 11.1 Å². The number of H-pyrrole nitrogens is 1. The Balaban J connectivity index is 1.71. The van der Waals surface area contributed by atoms with Gasteiger partial charge in [-0.15, -0.1) is 11.3 Å². The first kappa shape index (κ1) is 14.3. The molecule has 0 bridgehead atoms. The minimum atomic E-state index is -0.114. The van der Waals surface area contributed by atoms with Crippen molar-refractivity contribution in [3.63, 3.8) is 0 Å². The molecule has 6 nitrogen and oxygen atoms in total. The lowest BCUT2D eigenvalue weighted by atomic mass is 10.1. The zero-order chi connectivity index (χ0) is 14.8. The van der Waals surface area contributed by atoms with Gasteiger partial charge < -0.3 is 9.51 Å². The smallest absolute Gasteiger partial charge is 0.260 e. The van der Waals surface area contributed by atoms with E-state index in [-0.39, 0.29) is 5.56 Å². The van der Waals surface area contributed by atoms with E-state index in [2.05, 4.69) is 34.0 Å². The highest BCUT2D eigenvalue weighted by Gasteiger charge is 2.10. The molecule has 0 unspecified atom stereocenters. The summed E-state index contributed by atoms with van der Waals surface area (Å²) in [6.07, 6.45) is 0.772. The Morgan fingerprint density at radius 3 is 3.10 bits per heavy atom. The highest BCUT2D eigenvalue weighted by molar-refractivity contribution is 7.98. The molecule has 0 aliphatic carbocycles. The molecule has 0 saturated carbocycles. The van der Waals surface area contributed by atoms with E-state index in [1.165, 1.54) is 23.1 Å². The number of rotatable bonds is 5. The summed E-state index contributed by atoms with van der Waals surface area (Å²) in [6, 6.07) is 1.78. The van der Waals surface area contributed by atoms with Crippen molar-refractivity contribution in [3.05, 3.63) is 33.5 Å². The van der Waals surface area contributed by atoms with Gasteiger partial charge in [0.15, 0.2) is 11.0 Å². The van der Waals surface area contributed by atoms with Crippen LogP contribution in [-0.4, -0.2) is 20.1 Å². The summed E-state index contributed by atoms with van der Waals surface area (Å²) in [5.74, 6) is 2.26. The van der Waals surface area contributed by atoms with E-state index < -0.39 is 0 Å². The summed E-state index contributed by atoms with van der Waals surface area (Å²) in [4.78, 5) is 24.1. The molecular weight excluding hydrogens is 308 g/mol. The number of nitrogens with zero attached hydrogens (tertiary/aromatic N) is 3. The Morgan fingerprint density at radius 1 is 1.43 bits per heavy atom. The fourth-order valence-electron chi connectivity index (χ4n) is 1.83. The van der Waals surface area contributed by atoms with Gasteiger partial charge in [-0.3, -0.25) is 4.79 Å². The van der Waals surface area contributed by atoms with E-state index in [4.69, 9.17) is 4.52 Å². The first-order valence-electron chi connectivity index (χ1n) is 6.53. The summed E-state index contributed by atoms with van der Waals surface area (Å²) < 4.78 is 5.18. The predicted octanol–water partition coefficient (Wildman–Crippen LogP) is 2.86. The van der Waals surface area contributed by atoms with Crippen molar-refractivity contribution in [2.24, 2.45) is 5.92 Å². The molecule has 3 aromatic rings. The summed E-state index contributed by atoms with van der Waals surface area (Å²) in [5.41, 5.74) is -0.114. The molecule has 0 aromatic carbocycles. The number of thiophene rings is 1. The Labute approximate surface area is 129 Å². The molecular formula is C13H14N4O2S2. The standard InChI is InChI=1S/C13H14N4O2S2/c1-7(2)5-10-14-9(17-19-10)6-21-13-15-11(18)8-3-4-20-12(8)16-13/h3-4,7H,5-6H2,1-2H3,(H,15,16,18). The first-order chi connectivity index (χ1) is 10.1. The predicted molar refractivity (Wildman–Crippen MR) is 82.6 cm³/mol. The summed E-state index contributed by atoms with van der Waals surface area (Å²) in [7, 11) is 0. The lowest BCUT2D eigenvalue weighted by molar-refractivity contribution is 0.360. The van der Waals surface area contributed by atoms with E-state index in [1.807, 2.05) is 5.38 Å². The van der Waals surface area contributed by atoms with Gasteiger partial charge in [-0.25, -0.2) is 4.98 Å². The molecule has 1 N–H and O–H groups in total. The molecule has 0 fully saturated rings.